The highest BCUT2D eigenvalue weighted by atomic mass is 35.5. The first-order valence-corrected chi connectivity index (χ1v) is 10.2. The molecule has 3 atom stereocenters. The number of rotatable bonds is 4. The summed E-state index contributed by atoms with van der Waals surface area (Å²) in [6, 6.07) is 7.93. The number of anilines is 1. The second kappa shape index (κ2) is 6.40. The molecule has 152 valence electrons. The number of piperidine rings is 1. The first-order valence-electron chi connectivity index (χ1n) is 9.78. The van der Waals surface area contributed by atoms with E-state index in [2.05, 4.69) is 31.1 Å². The van der Waals surface area contributed by atoms with Crippen molar-refractivity contribution in [2.75, 3.05) is 18.0 Å². The predicted molar refractivity (Wildman–Crippen MR) is 110 cm³/mol. The van der Waals surface area contributed by atoms with Gasteiger partial charge in [0.2, 0.25) is 5.89 Å². The van der Waals surface area contributed by atoms with Crippen molar-refractivity contribution in [3.8, 4) is 0 Å². The van der Waals surface area contributed by atoms with Crippen LogP contribution in [0.1, 0.15) is 17.6 Å². The summed E-state index contributed by atoms with van der Waals surface area (Å²) in [6.07, 6.45) is 3.04. The lowest BCUT2D eigenvalue weighted by atomic mass is 10.2. The third kappa shape index (κ3) is 2.65. The maximum atomic E-state index is 12.7. The molecule has 1 aliphatic carbocycles. The molecule has 4 aromatic rings. The van der Waals surface area contributed by atoms with Crippen LogP contribution in [0.3, 0.4) is 0 Å². The fourth-order valence-electron chi connectivity index (χ4n) is 4.61. The molecule has 3 aromatic heterocycles. The van der Waals surface area contributed by atoms with E-state index in [9.17, 15) is 4.79 Å². The lowest BCUT2D eigenvalue weighted by Gasteiger charge is -2.22. The summed E-state index contributed by atoms with van der Waals surface area (Å²) in [5.74, 6) is 2.43. The minimum Gasteiger partial charge on any atom is -0.370 e. The van der Waals surface area contributed by atoms with Crippen molar-refractivity contribution in [2.24, 2.45) is 18.9 Å². The summed E-state index contributed by atoms with van der Waals surface area (Å²) in [5.41, 5.74) is 1.78. The molecular weight excluding hydrogens is 406 g/mol. The van der Waals surface area contributed by atoms with Crippen molar-refractivity contribution in [2.45, 2.75) is 12.5 Å². The van der Waals surface area contributed by atoms with Gasteiger partial charge in [0.1, 0.15) is 12.9 Å². The Morgan fingerprint density at radius 1 is 1.17 bits per heavy atom. The molecule has 10 heteroatoms. The molecule has 6 rings (SSSR count). The van der Waals surface area contributed by atoms with Crippen LogP contribution in [0.5, 0.6) is 0 Å². The maximum absolute atomic E-state index is 12.7. The number of imidazole rings is 1. The molecule has 0 amide bonds. The van der Waals surface area contributed by atoms with Crippen molar-refractivity contribution in [3.63, 3.8) is 0 Å². The Morgan fingerprint density at radius 3 is 2.73 bits per heavy atom. The largest absolute Gasteiger partial charge is 0.370 e. The molecule has 30 heavy (non-hydrogen) atoms. The van der Waals surface area contributed by atoms with E-state index in [0.717, 1.165) is 29.6 Å². The van der Waals surface area contributed by atoms with Gasteiger partial charge in [-0.05, 0) is 24.0 Å². The molecular formula is C20H18ClN7O2. The number of aromatic nitrogens is 6. The smallest absolute Gasteiger partial charge is 0.280 e. The van der Waals surface area contributed by atoms with Crippen molar-refractivity contribution in [1.29, 1.82) is 0 Å². The summed E-state index contributed by atoms with van der Waals surface area (Å²) in [6.45, 7) is 2.06. The summed E-state index contributed by atoms with van der Waals surface area (Å²) in [5, 5.41) is 4.97. The van der Waals surface area contributed by atoms with Crippen molar-refractivity contribution in [1.82, 2.24) is 29.2 Å². The van der Waals surface area contributed by atoms with E-state index < -0.39 is 0 Å². The lowest BCUT2D eigenvalue weighted by molar-refractivity contribution is 0.363. The van der Waals surface area contributed by atoms with Crippen molar-refractivity contribution < 1.29 is 4.52 Å². The normalized spacial score (nSPS) is 22.6. The van der Waals surface area contributed by atoms with E-state index >= 15 is 0 Å². The molecule has 1 saturated heterocycles. The summed E-state index contributed by atoms with van der Waals surface area (Å²) >= 11 is 6.33. The standard InChI is InChI=1S/C20H18ClN7O2/c1-26-9-22-19-17(26)20(29)28(10-23-19)8-15-24-18(25-30-15)16-11-6-27(7-12(11)16)14-5-3-2-4-13(14)21/h2-5,9-12,16H,6-8H2,1H3/t11-,12+,16-. The highest BCUT2D eigenvalue weighted by Gasteiger charge is 2.58. The fraction of sp³-hybridized carbons (Fsp3) is 0.350. The minimum atomic E-state index is -0.182. The molecule has 1 aromatic carbocycles. The van der Waals surface area contributed by atoms with Crippen LogP contribution in [0.2, 0.25) is 5.02 Å². The quantitative estimate of drug-likeness (QED) is 0.495. The maximum Gasteiger partial charge on any atom is 0.280 e. The van der Waals surface area contributed by atoms with Gasteiger partial charge in [-0.2, -0.15) is 4.98 Å². The number of aryl methyl sites for hydroxylation is 1. The monoisotopic (exact) mass is 423 g/mol. The average Bonchev–Trinajstić information content (AvgIpc) is 3.16. The van der Waals surface area contributed by atoms with Gasteiger partial charge in [0.15, 0.2) is 17.0 Å². The van der Waals surface area contributed by atoms with Crippen LogP contribution in [0.25, 0.3) is 11.2 Å². The number of benzene rings is 1. The number of fused-ring (bicyclic) bond motifs is 2. The highest BCUT2D eigenvalue weighted by Crippen LogP contribution is 2.58. The molecule has 0 radical (unpaired) electrons. The summed E-state index contributed by atoms with van der Waals surface area (Å²) < 4.78 is 8.57. The molecule has 2 fully saturated rings. The van der Waals surface area contributed by atoms with Crippen LogP contribution in [0.15, 0.2) is 46.2 Å². The first-order chi connectivity index (χ1) is 14.6. The van der Waals surface area contributed by atoms with Gasteiger partial charge in [-0.15, -0.1) is 0 Å². The van der Waals surface area contributed by atoms with Crippen LogP contribution < -0.4 is 10.5 Å². The molecule has 4 heterocycles. The van der Waals surface area contributed by atoms with Crippen LogP contribution in [0, 0.1) is 11.8 Å². The van der Waals surface area contributed by atoms with Gasteiger partial charge in [0.25, 0.3) is 5.56 Å². The zero-order chi connectivity index (χ0) is 20.4. The second-order valence-corrected chi connectivity index (χ2v) is 8.37. The summed E-state index contributed by atoms with van der Waals surface area (Å²) in [7, 11) is 1.77. The van der Waals surface area contributed by atoms with E-state index in [1.54, 1.807) is 17.9 Å². The lowest BCUT2D eigenvalue weighted by Crippen LogP contribution is -2.24. The summed E-state index contributed by atoms with van der Waals surface area (Å²) in [4.78, 5) is 27.9. The van der Waals surface area contributed by atoms with Crippen molar-refractivity contribution in [3.05, 3.63) is 64.0 Å². The number of halogens is 1. The van der Waals surface area contributed by atoms with Crippen LogP contribution in [-0.2, 0) is 13.6 Å². The Labute approximate surface area is 175 Å². The molecule has 0 bridgehead atoms. The third-order valence-electron chi connectivity index (χ3n) is 6.18. The third-order valence-corrected chi connectivity index (χ3v) is 6.49. The van der Waals surface area contributed by atoms with Crippen molar-refractivity contribution >= 4 is 28.5 Å². The molecule has 1 aliphatic heterocycles. The van der Waals surface area contributed by atoms with E-state index in [1.165, 1.54) is 10.9 Å². The zero-order valence-corrected chi connectivity index (χ0v) is 16.9. The van der Waals surface area contributed by atoms with Gasteiger partial charge >= 0.3 is 0 Å². The van der Waals surface area contributed by atoms with E-state index in [-0.39, 0.29) is 12.1 Å². The number of hydrogen-bond acceptors (Lipinski definition) is 7. The second-order valence-electron chi connectivity index (χ2n) is 7.96. The topological polar surface area (TPSA) is 94.9 Å². The number of para-hydroxylation sites is 1. The van der Waals surface area contributed by atoms with Gasteiger partial charge in [-0.1, -0.05) is 28.9 Å². The van der Waals surface area contributed by atoms with Crippen LogP contribution in [0.4, 0.5) is 5.69 Å². The fourth-order valence-corrected chi connectivity index (χ4v) is 4.87. The Hall–Kier alpha value is -3.20. The van der Waals surface area contributed by atoms with Gasteiger partial charge < -0.3 is 14.0 Å². The van der Waals surface area contributed by atoms with Gasteiger partial charge in [-0.25, -0.2) is 9.97 Å². The zero-order valence-electron chi connectivity index (χ0n) is 16.1. The molecule has 0 unspecified atom stereocenters. The average molecular weight is 424 g/mol. The highest BCUT2D eigenvalue weighted by molar-refractivity contribution is 6.33. The van der Waals surface area contributed by atoms with Gasteiger partial charge in [0, 0.05) is 26.1 Å². The first kappa shape index (κ1) is 17.6. The Balaban J connectivity index is 1.18. The van der Waals surface area contributed by atoms with Crippen LogP contribution in [-0.4, -0.2) is 42.3 Å². The van der Waals surface area contributed by atoms with E-state index in [0.29, 0.717) is 34.8 Å². The Bertz CT molecular complexity index is 1310. The van der Waals surface area contributed by atoms with Gasteiger partial charge in [-0.3, -0.25) is 9.36 Å². The minimum absolute atomic E-state index is 0.182. The van der Waals surface area contributed by atoms with E-state index in [1.807, 2.05) is 18.2 Å². The Kier molecular flexibility index (Phi) is 3.76. The molecule has 1 saturated carbocycles. The van der Waals surface area contributed by atoms with Gasteiger partial charge in [0.05, 0.1) is 17.0 Å². The molecule has 2 aliphatic rings. The number of nitrogens with zero attached hydrogens (tertiary/aromatic N) is 7. The SMILES string of the molecule is Cn1cnc2ncn(Cc3nc([C@@H]4[C@@H]5CN(c6ccccc6Cl)C[C@@H]54)no3)c(=O)c21. The molecule has 0 spiro atoms. The molecule has 9 nitrogen and oxygen atoms in total. The number of hydrogen-bond donors (Lipinski definition) is 0. The van der Waals surface area contributed by atoms with Crippen LogP contribution >= 0.6 is 11.6 Å². The Morgan fingerprint density at radius 2 is 1.93 bits per heavy atom. The molecule has 0 N–H and O–H groups in total. The van der Waals surface area contributed by atoms with E-state index in [4.69, 9.17) is 16.1 Å². The predicted octanol–water partition coefficient (Wildman–Crippen LogP) is 2.06.